The maximum atomic E-state index is 12.7. The first kappa shape index (κ1) is 38.5. The highest BCUT2D eigenvalue weighted by atomic mass is 35.5. The van der Waals surface area contributed by atoms with E-state index in [1.807, 2.05) is 0 Å². The molecule has 1 aromatic heterocycles. The summed E-state index contributed by atoms with van der Waals surface area (Å²) in [5.74, 6) is -1.46. The van der Waals surface area contributed by atoms with Crippen LogP contribution in [-0.4, -0.2) is 74.6 Å². The molecular formula is C28H24ClN7O12S4. The zero-order valence-electron chi connectivity index (χ0n) is 26.1. The second-order valence-corrected chi connectivity index (χ2v) is 16.8. The van der Waals surface area contributed by atoms with Gasteiger partial charge in [-0.05, 0) is 72.6 Å². The Kier molecular flexibility index (Phi) is 10.9. The minimum absolute atomic E-state index is 0.152. The Morgan fingerprint density at radius 1 is 0.712 bits per heavy atom. The Labute approximate surface area is 301 Å². The van der Waals surface area contributed by atoms with Gasteiger partial charge in [-0.15, -0.1) is 5.11 Å². The first-order valence-electron chi connectivity index (χ1n) is 14.1. The van der Waals surface area contributed by atoms with Gasteiger partial charge in [0.05, 0.1) is 34.3 Å². The molecule has 0 amide bonds. The molecule has 19 nitrogen and oxygen atoms in total. The van der Waals surface area contributed by atoms with E-state index >= 15 is 0 Å². The van der Waals surface area contributed by atoms with E-state index in [0.29, 0.717) is 28.0 Å². The van der Waals surface area contributed by atoms with Gasteiger partial charge in [0.15, 0.2) is 9.84 Å². The first-order chi connectivity index (χ1) is 24.2. The molecule has 0 unspecified atom stereocenters. The highest BCUT2D eigenvalue weighted by Gasteiger charge is 2.23. The number of nitrogens with zero attached hydrogens (tertiary/aromatic N) is 5. The topological polar surface area (TPSA) is 294 Å². The van der Waals surface area contributed by atoms with Gasteiger partial charge in [-0.25, -0.2) is 12.6 Å². The lowest BCUT2D eigenvalue weighted by Crippen LogP contribution is -2.16. The summed E-state index contributed by atoms with van der Waals surface area (Å²) in [7, 11) is -18.7. The molecule has 4 aromatic carbocycles. The number of azo groups is 1. The summed E-state index contributed by atoms with van der Waals surface area (Å²) in [6, 6.07) is 16.4. The molecule has 1 heterocycles. The summed E-state index contributed by atoms with van der Waals surface area (Å²) in [4.78, 5) is 10.4. The fourth-order valence-electron chi connectivity index (χ4n) is 4.63. The van der Waals surface area contributed by atoms with Crippen molar-refractivity contribution in [3.05, 3.63) is 83.6 Å². The van der Waals surface area contributed by atoms with Gasteiger partial charge in [0.2, 0.25) is 17.2 Å². The molecule has 0 saturated heterocycles. The lowest BCUT2D eigenvalue weighted by atomic mass is 10.1. The normalized spacial score (nSPS) is 12.7. The molecule has 0 radical (unpaired) electrons. The van der Waals surface area contributed by atoms with E-state index in [1.165, 1.54) is 18.2 Å². The van der Waals surface area contributed by atoms with E-state index in [4.69, 9.17) is 16.2 Å². The minimum atomic E-state index is -4.94. The predicted octanol–water partition coefficient (Wildman–Crippen LogP) is 4.98. The van der Waals surface area contributed by atoms with Gasteiger partial charge < -0.3 is 10.6 Å². The first-order valence-corrected chi connectivity index (χ1v) is 20.4. The largest absolute Gasteiger partial charge is 0.397 e. The molecule has 0 saturated carbocycles. The van der Waals surface area contributed by atoms with E-state index in [-0.39, 0.29) is 27.5 Å². The van der Waals surface area contributed by atoms with E-state index in [0.717, 1.165) is 18.2 Å². The van der Waals surface area contributed by atoms with Gasteiger partial charge in [-0.3, -0.25) is 13.7 Å². The van der Waals surface area contributed by atoms with Crippen LogP contribution in [0.2, 0.25) is 5.28 Å². The number of sulfone groups is 1. The van der Waals surface area contributed by atoms with Crippen molar-refractivity contribution in [1.29, 1.82) is 0 Å². The van der Waals surface area contributed by atoms with Crippen LogP contribution >= 0.6 is 11.6 Å². The van der Waals surface area contributed by atoms with Gasteiger partial charge in [0.1, 0.15) is 9.79 Å². The Hall–Kier alpha value is -4.72. The maximum Gasteiger partial charge on any atom is 0.397 e. The Balaban J connectivity index is 1.39. The number of hydrogen-bond donors (Lipinski definition) is 5. The predicted molar refractivity (Wildman–Crippen MR) is 186 cm³/mol. The Morgan fingerprint density at radius 3 is 2.00 bits per heavy atom. The Morgan fingerprint density at radius 2 is 1.35 bits per heavy atom. The molecular weight excluding hydrogens is 790 g/mol. The zero-order chi connectivity index (χ0) is 38.1. The average molecular weight is 814 g/mol. The number of halogens is 1. The van der Waals surface area contributed by atoms with Crippen LogP contribution in [0.3, 0.4) is 0 Å². The second-order valence-electron chi connectivity index (χ2n) is 10.5. The number of aromatic nitrogens is 3. The van der Waals surface area contributed by atoms with Gasteiger partial charge in [-0.2, -0.15) is 45.3 Å². The van der Waals surface area contributed by atoms with Crippen molar-refractivity contribution in [2.75, 3.05) is 23.0 Å². The van der Waals surface area contributed by atoms with Crippen LogP contribution in [0.25, 0.3) is 10.8 Å². The quantitative estimate of drug-likeness (QED) is 0.0773. The van der Waals surface area contributed by atoms with Crippen LogP contribution in [0.4, 0.5) is 34.6 Å². The molecule has 5 rings (SSSR count). The number of aryl methyl sites for hydroxylation is 1. The molecule has 0 aliphatic heterocycles. The van der Waals surface area contributed by atoms with Crippen molar-refractivity contribution in [3.8, 4) is 0 Å². The number of hydrogen-bond acceptors (Lipinski definition) is 16. The molecule has 5 aromatic rings. The molecule has 52 heavy (non-hydrogen) atoms. The molecule has 0 bridgehead atoms. The van der Waals surface area contributed by atoms with E-state index in [1.54, 1.807) is 43.3 Å². The maximum absolute atomic E-state index is 12.7. The van der Waals surface area contributed by atoms with Crippen molar-refractivity contribution >= 4 is 97.5 Å². The SMILES string of the molecule is Cc1cc(Nc2nc(Cl)nc(Nc3cc(S(=O)(=O)CCOS(=O)(=O)O)ccc3S(=O)(=O)O)n2)ccc1N=Nc1cccc2c(S(=O)(=O)O)cccc12. The molecule has 5 N–H and O–H groups in total. The third-order valence-corrected chi connectivity index (χ3v) is 11.0. The number of benzene rings is 4. The van der Waals surface area contributed by atoms with Crippen LogP contribution in [0.1, 0.15) is 5.56 Å². The average Bonchev–Trinajstić information content (AvgIpc) is 3.02. The number of nitrogens with one attached hydrogen (secondary N) is 2. The van der Waals surface area contributed by atoms with Gasteiger partial charge in [0.25, 0.3) is 20.2 Å². The highest BCUT2D eigenvalue weighted by Crippen LogP contribution is 2.33. The van der Waals surface area contributed by atoms with Crippen molar-refractivity contribution < 1.29 is 51.5 Å². The van der Waals surface area contributed by atoms with Crippen LogP contribution in [-0.2, 0) is 44.7 Å². The third-order valence-electron chi connectivity index (χ3n) is 6.88. The van der Waals surface area contributed by atoms with Gasteiger partial charge >= 0.3 is 10.4 Å². The lowest BCUT2D eigenvalue weighted by Gasteiger charge is -2.13. The number of fused-ring (bicyclic) bond motifs is 1. The Bertz CT molecular complexity index is 2700. The van der Waals surface area contributed by atoms with Crippen LogP contribution in [0.5, 0.6) is 0 Å². The van der Waals surface area contributed by atoms with Crippen molar-refractivity contribution in [3.63, 3.8) is 0 Å². The number of anilines is 4. The minimum Gasteiger partial charge on any atom is -0.324 e. The zero-order valence-corrected chi connectivity index (χ0v) is 30.1. The van der Waals surface area contributed by atoms with Crippen molar-refractivity contribution in [2.45, 2.75) is 21.6 Å². The summed E-state index contributed by atoms with van der Waals surface area (Å²) < 4.78 is 127. The molecule has 0 aliphatic rings. The fourth-order valence-corrected chi connectivity index (χ4v) is 7.64. The molecule has 24 heteroatoms. The monoisotopic (exact) mass is 813 g/mol. The third kappa shape index (κ3) is 9.58. The van der Waals surface area contributed by atoms with E-state index in [9.17, 15) is 42.8 Å². The lowest BCUT2D eigenvalue weighted by molar-refractivity contribution is 0.284. The summed E-state index contributed by atoms with van der Waals surface area (Å²) >= 11 is 6.08. The summed E-state index contributed by atoms with van der Waals surface area (Å²) in [5, 5.41) is 14.2. The summed E-state index contributed by atoms with van der Waals surface area (Å²) in [5.41, 5.74) is 1.31. The smallest absolute Gasteiger partial charge is 0.324 e. The van der Waals surface area contributed by atoms with Gasteiger partial charge in [-0.1, -0.05) is 24.3 Å². The summed E-state index contributed by atoms with van der Waals surface area (Å²) in [6.07, 6.45) is 0. The van der Waals surface area contributed by atoms with Crippen molar-refractivity contribution in [2.24, 2.45) is 10.2 Å². The van der Waals surface area contributed by atoms with Gasteiger partial charge in [0, 0.05) is 16.5 Å². The number of rotatable bonds is 13. The fraction of sp³-hybridized carbons (Fsp3) is 0.107. The van der Waals surface area contributed by atoms with Crippen molar-refractivity contribution in [1.82, 2.24) is 15.0 Å². The molecule has 0 atom stereocenters. The highest BCUT2D eigenvalue weighted by molar-refractivity contribution is 7.91. The van der Waals surface area contributed by atoms with E-state index in [2.05, 4.69) is 40.0 Å². The van der Waals surface area contributed by atoms with Crippen LogP contribution in [0, 0.1) is 6.92 Å². The standard InChI is InChI=1S/C28H24ClN7O12S4/c1-16-14-17(8-10-21(16)35-36-22-6-2-5-20-19(22)4-3-7-24(20)50(39,40)41)30-27-32-26(29)33-28(34-27)31-23-15-18(9-11-25(23)51(42,43)44)49(37,38)13-12-48-52(45,46)47/h2-11,14-15H,12-13H2,1H3,(H,39,40,41)(H,42,43,44)(H,45,46,47)(H2,30,31,32,33,34). The molecule has 0 aliphatic carbocycles. The van der Waals surface area contributed by atoms with E-state index < -0.39 is 68.3 Å². The molecule has 274 valence electrons. The second kappa shape index (κ2) is 14.7. The van der Waals surface area contributed by atoms with Crippen LogP contribution < -0.4 is 10.6 Å². The summed E-state index contributed by atoms with van der Waals surface area (Å²) in [6.45, 7) is 0.773. The molecule has 0 fully saturated rings. The van der Waals surface area contributed by atoms with Crippen LogP contribution in [0.15, 0.2) is 97.7 Å². The molecule has 0 spiro atoms.